The zero-order valence-electron chi connectivity index (χ0n) is 23.9. The number of hydrogen-bond donors (Lipinski definition) is 1. The van der Waals surface area contributed by atoms with E-state index in [1.54, 1.807) is 0 Å². The number of aryl methyl sites for hydroxylation is 1. The van der Waals surface area contributed by atoms with E-state index in [0.717, 1.165) is 53.6 Å². The van der Waals surface area contributed by atoms with Crippen molar-refractivity contribution in [2.24, 2.45) is 17.8 Å². The lowest BCUT2D eigenvalue weighted by atomic mass is 9.65. The number of benzene rings is 2. The maximum absolute atomic E-state index is 13.1. The molecule has 2 aromatic carbocycles. The predicted octanol–water partition coefficient (Wildman–Crippen LogP) is 7.73. The van der Waals surface area contributed by atoms with Gasteiger partial charge in [-0.3, -0.25) is 9.52 Å². The van der Waals surface area contributed by atoms with E-state index >= 15 is 0 Å². The number of fused-ring (bicyclic) bond motifs is 1. The summed E-state index contributed by atoms with van der Waals surface area (Å²) in [4.78, 5) is 15.3. The van der Waals surface area contributed by atoms with Crippen molar-refractivity contribution in [1.82, 2.24) is 9.03 Å². The van der Waals surface area contributed by atoms with Gasteiger partial charge in [-0.15, -0.1) is 0 Å². The number of halogens is 1. The van der Waals surface area contributed by atoms with Crippen molar-refractivity contribution in [2.45, 2.75) is 77.2 Å². The second-order valence-electron chi connectivity index (χ2n) is 12.1. The van der Waals surface area contributed by atoms with E-state index < -0.39 is 0 Å². The van der Waals surface area contributed by atoms with Crippen LogP contribution >= 0.6 is 23.7 Å². The Morgan fingerprint density at radius 3 is 2.72 bits per heavy atom. The zero-order chi connectivity index (χ0) is 27.5. The number of nitrogens with one attached hydrogen (secondary N) is 1. The van der Waals surface area contributed by atoms with E-state index in [4.69, 9.17) is 16.3 Å². The summed E-state index contributed by atoms with van der Waals surface area (Å²) < 4.78 is 11.6. The first-order valence-corrected chi connectivity index (χ1v) is 15.9. The van der Waals surface area contributed by atoms with Gasteiger partial charge in [-0.1, -0.05) is 50.3 Å². The molecule has 0 spiro atoms. The summed E-state index contributed by atoms with van der Waals surface area (Å²) >= 11 is 7.73. The molecule has 1 amide bonds. The molecule has 2 fully saturated rings. The largest absolute Gasteiger partial charge is 0.491 e. The lowest BCUT2D eigenvalue weighted by molar-refractivity contribution is 0.0888. The first kappa shape index (κ1) is 28.6. The van der Waals surface area contributed by atoms with Crippen LogP contribution < -0.4 is 14.4 Å². The zero-order valence-corrected chi connectivity index (χ0v) is 25.5. The number of hydrogen-bond acceptors (Lipinski definition) is 5. The smallest absolute Gasteiger partial charge is 0.262 e. The SMILES string of the molecule is CCCc1cc(Cl)ccc1C1COc2ccc(C(=O)NSN(C)C(C)C3CC(CC4CCC4)C3)cc2N(C)C1. The van der Waals surface area contributed by atoms with Gasteiger partial charge in [-0.25, -0.2) is 4.31 Å². The Balaban J connectivity index is 1.16. The number of amides is 1. The van der Waals surface area contributed by atoms with E-state index in [1.165, 1.54) is 61.8 Å². The number of nitrogens with zero attached hydrogens (tertiary/aromatic N) is 2. The molecule has 5 rings (SSSR count). The summed E-state index contributed by atoms with van der Waals surface area (Å²) in [6, 6.07) is 12.4. The van der Waals surface area contributed by atoms with Crippen LogP contribution in [0.25, 0.3) is 0 Å². The minimum atomic E-state index is -0.0737. The molecular formula is C32H44ClN3O2S. The van der Waals surface area contributed by atoms with Crippen molar-refractivity contribution in [2.75, 3.05) is 32.1 Å². The van der Waals surface area contributed by atoms with Gasteiger partial charge >= 0.3 is 0 Å². The quantitative estimate of drug-likeness (QED) is 0.296. The maximum atomic E-state index is 13.1. The monoisotopic (exact) mass is 569 g/mol. The molecule has 2 aromatic rings. The first-order chi connectivity index (χ1) is 18.8. The van der Waals surface area contributed by atoms with E-state index in [1.807, 2.05) is 24.3 Å². The topological polar surface area (TPSA) is 44.8 Å². The minimum Gasteiger partial charge on any atom is -0.491 e. The third kappa shape index (κ3) is 6.71. The average molecular weight is 570 g/mol. The molecule has 0 bridgehead atoms. The number of carbonyl (C=O) groups is 1. The van der Waals surface area contributed by atoms with Gasteiger partial charge in [0.2, 0.25) is 0 Å². The van der Waals surface area contributed by atoms with Crippen LogP contribution in [0.2, 0.25) is 5.02 Å². The van der Waals surface area contributed by atoms with Crippen molar-refractivity contribution in [3.8, 4) is 5.75 Å². The Bertz CT molecular complexity index is 1150. The molecule has 39 heavy (non-hydrogen) atoms. The number of ether oxygens (including phenoxy) is 1. The predicted molar refractivity (Wildman–Crippen MR) is 164 cm³/mol. The number of anilines is 1. The molecule has 0 saturated heterocycles. The second kappa shape index (κ2) is 12.7. The molecule has 2 unspecified atom stereocenters. The standard InChI is InChI=1S/C32H44ClN3O2S/c1-5-7-24-17-28(33)11-12-29(24)27-19-35(3)30-18-25(10-13-31(30)38-20-27)32(37)34-39-36(4)21(2)26-15-23(16-26)14-22-8-6-9-22/h10-13,17-18,21-23,26-27H,5-9,14-16,19-20H2,1-4H3,(H,34,37). The maximum Gasteiger partial charge on any atom is 0.262 e. The Labute approximate surface area is 244 Å². The highest BCUT2D eigenvalue weighted by Gasteiger charge is 2.37. The lowest BCUT2D eigenvalue weighted by Gasteiger charge is -2.44. The van der Waals surface area contributed by atoms with Crippen LogP contribution in [0.1, 0.15) is 86.2 Å². The van der Waals surface area contributed by atoms with Crippen LogP contribution in [0.3, 0.4) is 0 Å². The summed E-state index contributed by atoms with van der Waals surface area (Å²) in [5.41, 5.74) is 4.20. The highest BCUT2D eigenvalue weighted by atomic mass is 35.5. The molecule has 1 heterocycles. The van der Waals surface area contributed by atoms with E-state index in [-0.39, 0.29) is 11.8 Å². The molecule has 1 aliphatic heterocycles. The summed E-state index contributed by atoms with van der Waals surface area (Å²) in [6.07, 6.45) is 10.5. The highest BCUT2D eigenvalue weighted by Crippen LogP contribution is 2.45. The summed E-state index contributed by atoms with van der Waals surface area (Å²) in [5.74, 6) is 3.63. The van der Waals surface area contributed by atoms with E-state index in [9.17, 15) is 4.79 Å². The van der Waals surface area contributed by atoms with Crippen molar-refractivity contribution in [3.05, 3.63) is 58.1 Å². The molecule has 5 nitrogen and oxygen atoms in total. The molecular weight excluding hydrogens is 526 g/mol. The molecule has 3 aliphatic rings. The molecule has 7 heteroatoms. The third-order valence-electron chi connectivity index (χ3n) is 9.33. The Hall–Kier alpha value is -1.89. The number of rotatable bonds is 10. The molecule has 0 aromatic heterocycles. The van der Waals surface area contributed by atoms with Crippen molar-refractivity contribution >= 4 is 35.3 Å². The Morgan fingerprint density at radius 2 is 2.00 bits per heavy atom. The van der Waals surface area contributed by atoms with Crippen LogP contribution in [-0.4, -0.2) is 43.5 Å². The van der Waals surface area contributed by atoms with Crippen molar-refractivity contribution < 1.29 is 9.53 Å². The fourth-order valence-corrected chi connectivity index (χ4v) is 7.40. The van der Waals surface area contributed by atoms with Gasteiger partial charge in [-0.05, 0) is 98.9 Å². The number of likely N-dealkylation sites (N-methyl/N-ethyl adjacent to an activating group) is 1. The minimum absolute atomic E-state index is 0.0737. The van der Waals surface area contributed by atoms with Gasteiger partial charge in [0.15, 0.2) is 0 Å². The van der Waals surface area contributed by atoms with Gasteiger partial charge in [0.25, 0.3) is 5.91 Å². The average Bonchev–Trinajstić information content (AvgIpc) is 3.03. The Kier molecular flexibility index (Phi) is 9.35. The van der Waals surface area contributed by atoms with Crippen LogP contribution in [0.5, 0.6) is 5.75 Å². The summed E-state index contributed by atoms with van der Waals surface area (Å²) in [5, 5.41) is 0.780. The second-order valence-corrected chi connectivity index (χ2v) is 13.5. The van der Waals surface area contributed by atoms with E-state index in [0.29, 0.717) is 18.2 Å². The van der Waals surface area contributed by atoms with E-state index in [2.05, 4.69) is 54.0 Å². The van der Waals surface area contributed by atoms with Crippen LogP contribution in [0.4, 0.5) is 5.69 Å². The summed E-state index contributed by atoms with van der Waals surface area (Å²) in [6.45, 7) is 5.90. The van der Waals surface area contributed by atoms with Crippen molar-refractivity contribution in [3.63, 3.8) is 0 Å². The number of carbonyl (C=O) groups excluding carboxylic acids is 1. The van der Waals surface area contributed by atoms with Gasteiger partial charge < -0.3 is 9.64 Å². The van der Waals surface area contributed by atoms with Gasteiger partial charge in [-0.2, -0.15) is 0 Å². The van der Waals surface area contributed by atoms with Crippen molar-refractivity contribution in [1.29, 1.82) is 0 Å². The molecule has 212 valence electrons. The van der Waals surface area contributed by atoms with Gasteiger partial charge in [0, 0.05) is 48.3 Å². The molecule has 1 N–H and O–H groups in total. The highest BCUT2D eigenvalue weighted by molar-refractivity contribution is 7.95. The normalized spacial score (nSPS) is 23.7. The molecule has 2 saturated carbocycles. The fraction of sp³-hybridized carbons (Fsp3) is 0.594. The fourth-order valence-electron chi connectivity index (χ4n) is 6.52. The van der Waals surface area contributed by atoms with Gasteiger partial charge in [0.1, 0.15) is 5.75 Å². The van der Waals surface area contributed by atoms with Crippen LogP contribution in [0.15, 0.2) is 36.4 Å². The first-order valence-electron chi connectivity index (χ1n) is 14.8. The molecule has 0 radical (unpaired) electrons. The van der Waals surface area contributed by atoms with Crippen LogP contribution in [-0.2, 0) is 6.42 Å². The summed E-state index contributed by atoms with van der Waals surface area (Å²) in [7, 11) is 4.18. The molecule has 2 atom stereocenters. The Morgan fingerprint density at radius 1 is 1.21 bits per heavy atom. The van der Waals surface area contributed by atoms with Crippen LogP contribution in [0, 0.1) is 17.8 Å². The third-order valence-corrected chi connectivity index (χ3v) is 10.5. The van der Waals surface area contributed by atoms with Gasteiger partial charge in [0.05, 0.1) is 12.3 Å². The lowest BCUT2D eigenvalue weighted by Crippen LogP contribution is -2.41. The molecule has 2 aliphatic carbocycles.